The summed E-state index contributed by atoms with van der Waals surface area (Å²) in [6, 6.07) is 2.16. The highest BCUT2D eigenvalue weighted by atomic mass is 16.6. The number of para-hydroxylation sites is 1. The Morgan fingerprint density at radius 3 is 2.04 bits per heavy atom. The monoisotopic (exact) mass is 1060 g/mol. The van der Waals surface area contributed by atoms with E-state index in [2.05, 4.69) is 39.7 Å². The molecule has 3 aliphatic rings. The Morgan fingerprint density at radius 2 is 1.42 bits per heavy atom. The van der Waals surface area contributed by atoms with E-state index < -0.39 is 118 Å². The summed E-state index contributed by atoms with van der Waals surface area (Å²) in [5.74, 6) is -6.39. The number of amides is 7. The molecule has 76 heavy (non-hydrogen) atoms. The highest BCUT2D eigenvalue weighted by molar-refractivity contribution is 5.99. The van der Waals surface area contributed by atoms with Crippen LogP contribution < -0.4 is 21.3 Å². The van der Waals surface area contributed by atoms with E-state index in [-0.39, 0.29) is 62.0 Å². The first kappa shape index (κ1) is 58.4. The molecule has 4 heterocycles. The number of allylic oxidation sites excluding steroid dienone is 1. The number of phenols is 1. The van der Waals surface area contributed by atoms with E-state index in [4.69, 9.17) is 9.47 Å². The van der Waals surface area contributed by atoms with Crippen LogP contribution in [0, 0.1) is 27.9 Å². The predicted octanol–water partition coefficient (Wildman–Crippen LogP) is 4.07. The molecular weight excluding hydrogens is 979 g/mol. The van der Waals surface area contributed by atoms with Gasteiger partial charge in [-0.2, -0.15) is 0 Å². The van der Waals surface area contributed by atoms with Crippen LogP contribution in [-0.4, -0.2) is 153 Å². The fraction of sp³-hybridized carbons (Fsp3) is 0.582. The van der Waals surface area contributed by atoms with E-state index in [9.17, 15) is 39.2 Å². The van der Waals surface area contributed by atoms with Crippen molar-refractivity contribution >= 4 is 57.9 Å². The molecule has 414 valence electrons. The van der Waals surface area contributed by atoms with Gasteiger partial charge in [-0.3, -0.25) is 43.7 Å². The fourth-order valence-electron chi connectivity index (χ4n) is 10.6. The molecule has 0 spiro atoms. The maximum Gasteiger partial charge on any atom is 0.310 e. The topological polar surface area (TPSA) is 267 Å². The third-order valence-corrected chi connectivity index (χ3v) is 15.0. The van der Waals surface area contributed by atoms with Crippen LogP contribution in [-0.2, 0) is 61.4 Å². The second-order valence-electron chi connectivity index (χ2n) is 22.0. The Labute approximate surface area is 444 Å². The van der Waals surface area contributed by atoms with Crippen molar-refractivity contribution in [3.63, 3.8) is 0 Å². The summed E-state index contributed by atoms with van der Waals surface area (Å²) in [7, 11) is 4.28. The van der Waals surface area contributed by atoms with Crippen LogP contribution in [0.3, 0.4) is 0 Å². The second kappa shape index (κ2) is 24.4. The molecule has 1 aromatic heterocycles. The molecule has 3 aliphatic heterocycles. The number of phenolic OH excluding ortho intramolecular Hbond substituents is 1. The molecule has 6 rings (SSSR count). The lowest BCUT2D eigenvalue weighted by molar-refractivity contribution is -0.385. The highest BCUT2D eigenvalue weighted by Crippen LogP contribution is 2.37. The molecule has 10 atom stereocenters. The summed E-state index contributed by atoms with van der Waals surface area (Å²) in [5.41, 5.74) is 0.593. The first-order valence-electron chi connectivity index (χ1n) is 26.2. The fourth-order valence-corrected chi connectivity index (χ4v) is 10.6. The van der Waals surface area contributed by atoms with Crippen molar-refractivity contribution in [1.29, 1.82) is 0 Å². The number of nitro groups is 1. The van der Waals surface area contributed by atoms with Crippen molar-refractivity contribution in [2.24, 2.45) is 17.8 Å². The maximum atomic E-state index is 15.4. The zero-order valence-corrected chi connectivity index (χ0v) is 45.8. The lowest BCUT2D eigenvalue weighted by atomic mass is 9.88. The first-order valence-corrected chi connectivity index (χ1v) is 26.2. The van der Waals surface area contributed by atoms with Gasteiger partial charge in [-0.1, -0.05) is 71.0 Å². The molecule has 2 bridgehead atoms. The number of nitrogens with zero attached hydrogens (tertiary/aromatic N) is 5. The van der Waals surface area contributed by atoms with Crippen LogP contribution in [0.4, 0.5) is 5.69 Å². The summed E-state index contributed by atoms with van der Waals surface area (Å²) < 4.78 is 13.8. The van der Waals surface area contributed by atoms with Gasteiger partial charge in [0.1, 0.15) is 54.6 Å². The lowest BCUT2D eigenvalue weighted by Crippen LogP contribution is -2.66. The number of hydrogen-bond donors (Lipinski definition) is 5. The number of carbonyl (C=O) groups excluding carboxylic acids is 7. The smallest absolute Gasteiger partial charge is 0.310 e. The highest BCUT2D eigenvalue weighted by Gasteiger charge is 2.49. The number of nitrogens with one attached hydrogen (secondary N) is 4. The number of aromatic nitrogens is 1. The van der Waals surface area contributed by atoms with Crippen molar-refractivity contribution in [3.8, 4) is 5.75 Å². The number of rotatable bonds is 14. The number of fused-ring (bicyclic) bond motifs is 3. The van der Waals surface area contributed by atoms with Crippen molar-refractivity contribution < 1.29 is 53.1 Å². The van der Waals surface area contributed by atoms with Crippen molar-refractivity contribution in [2.45, 2.75) is 161 Å². The van der Waals surface area contributed by atoms with Crippen molar-refractivity contribution in [1.82, 2.24) is 40.5 Å². The number of aromatic hydroxyl groups is 1. The molecule has 21 nitrogen and oxygen atoms in total. The molecule has 0 saturated carbocycles. The normalized spacial score (nSPS) is 26.9. The zero-order valence-electron chi connectivity index (χ0n) is 45.8. The number of carbonyl (C=O) groups is 7. The Hall–Kier alpha value is -6.87. The summed E-state index contributed by atoms with van der Waals surface area (Å²) in [4.78, 5) is 119. The van der Waals surface area contributed by atoms with Crippen LogP contribution in [0.1, 0.15) is 99.1 Å². The van der Waals surface area contributed by atoms with Crippen LogP contribution in [0.25, 0.3) is 10.9 Å². The van der Waals surface area contributed by atoms with Gasteiger partial charge in [0, 0.05) is 63.1 Å². The summed E-state index contributed by atoms with van der Waals surface area (Å²) in [6.07, 6.45) is 4.29. The standard InChI is InChI=1S/C55H77N9O12/c1-13-14-18-37-47(66)59-39(27-35-28-62(55(8,9)46-29-76-46)40-19-16-15-17-36(35)40)52(71)60(10)42(22-30(2)3)49(68)58-38(25-34-20-21-45(65)41(26-34)64(73)74)48(67)56-33(7)51(70)61(11)44-24-32(6)54(75-12)63(53(44)72)43(23-31(4)5)50(69)57-37/h13-17,19-21,26,28,30-33,37-39,42-44,46,54,65H,18,22-25,27,29H2,1-12H3,(H,56,67)(H,57,69)(H,58,68)(H,59,66)/b14-13+/t32?,33-,37-,38-,39-,42-,43-,44-,46+,54+/m0/s1. The largest absolute Gasteiger partial charge is 0.502 e. The number of hydrogen-bond acceptors (Lipinski definition) is 12. The minimum Gasteiger partial charge on any atom is -0.502 e. The van der Waals surface area contributed by atoms with Crippen molar-refractivity contribution in [3.05, 3.63) is 82.1 Å². The van der Waals surface area contributed by atoms with Gasteiger partial charge in [-0.25, -0.2) is 0 Å². The number of likely N-dealkylation sites (N-methyl/N-ethyl adjacent to an activating group) is 2. The molecule has 2 aromatic carbocycles. The minimum atomic E-state index is -1.51. The number of benzene rings is 2. The van der Waals surface area contributed by atoms with Gasteiger partial charge < -0.3 is 55.1 Å². The van der Waals surface area contributed by atoms with E-state index in [1.807, 2.05) is 65.1 Å². The molecule has 0 aliphatic carbocycles. The molecule has 1 unspecified atom stereocenters. The average Bonchev–Trinajstić information content (AvgIpc) is 4.17. The number of epoxide rings is 1. The van der Waals surface area contributed by atoms with Gasteiger partial charge in [0.15, 0.2) is 5.75 Å². The van der Waals surface area contributed by atoms with Crippen LogP contribution >= 0.6 is 0 Å². The third-order valence-electron chi connectivity index (χ3n) is 15.0. The van der Waals surface area contributed by atoms with Crippen molar-refractivity contribution in [2.75, 3.05) is 27.8 Å². The maximum absolute atomic E-state index is 15.4. The first-order chi connectivity index (χ1) is 35.8. The van der Waals surface area contributed by atoms with Gasteiger partial charge in [0.2, 0.25) is 41.4 Å². The molecule has 3 saturated heterocycles. The van der Waals surface area contributed by atoms with Gasteiger partial charge in [0.05, 0.1) is 17.1 Å². The van der Waals surface area contributed by atoms with Gasteiger partial charge >= 0.3 is 5.69 Å². The summed E-state index contributed by atoms with van der Waals surface area (Å²) in [6.45, 7) is 17.2. The molecule has 0 radical (unpaired) electrons. The van der Waals surface area contributed by atoms with E-state index >= 15 is 9.59 Å². The molecule has 21 heteroatoms. The molecule has 5 N–H and O–H groups in total. The molecule has 7 amide bonds. The lowest BCUT2D eigenvalue weighted by Gasteiger charge is -2.48. The molecular formula is C55H77N9O12. The van der Waals surface area contributed by atoms with Gasteiger partial charge in [-0.15, -0.1) is 0 Å². The van der Waals surface area contributed by atoms with Crippen LogP contribution in [0.15, 0.2) is 60.8 Å². The number of piperidine rings is 1. The van der Waals surface area contributed by atoms with E-state index in [1.54, 1.807) is 19.1 Å². The van der Waals surface area contributed by atoms with E-state index in [1.165, 1.54) is 48.9 Å². The molecule has 3 aromatic rings. The summed E-state index contributed by atoms with van der Waals surface area (Å²) in [5, 5.41) is 34.4. The second-order valence-corrected chi connectivity index (χ2v) is 22.0. The summed E-state index contributed by atoms with van der Waals surface area (Å²) >= 11 is 0. The van der Waals surface area contributed by atoms with Crippen LogP contribution in [0.2, 0.25) is 0 Å². The Morgan fingerprint density at radius 1 is 0.816 bits per heavy atom. The third kappa shape index (κ3) is 13.0. The number of methoxy groups -OCH3 is 1. The van der Waals surface area contributed by atoms with E-state index in [0.717, 1.165) is 23.0 Å². The Bertz CT molecular complexity index is 2700. The Balaban J connectivity index is 1.52. The van der Waals surface area contributed by atoms with Gasteiger partial charge in [0.25, 0.3) is 0 Å². The SMILES string of the molecule is C/C=C/C[C@@H]1NC(=O)[C@H](CC(C)C)N2C(=O)[C@H](CC(C)[C@H]2OC)N(C)C(=O)[C@H](C)NC(=O)[C@H](Cc2ccc(O)c([N+](=O)[O-])c2)NC(=O)[C@H](CC(C)C)N(C)C(=O)[C@H](Cc2cn(C(C)(C)[C@H]3CO3)c3ccccc23)NC1=O. The number of nitro benzene ring substituents is 1. The minimum absolute atomic E-state index is 0.00506. The number of ether oxygens (including phenoxy) is 2. The zero-order chi connectivity index (χ0) is 56.1. The Kier molecular flexibility index (Phi) is 18.8. The van der Waals surface area contributed by atoms with E-state index in [0.29, 0.717) is 12.2 Å². The average molecular weight is 1060 g/mol. The van der Waals surface area contributed by atoms with Gasteiger partial charge in [-0.05, 0) is 88.5 Å². The predicted molar refractivity (Wildman–Crippen MR) is 283 cm³/mol. The van der Waals surface area contributed by atoms with Crippen LogP contribution in [0.5, 0.6) is 5.75 Å². The molecule has 3 fully saturated rings. The quantitative estimate of drug-likeness (QED) is 0.0662.